The summed E-state index contributed by atoms with van der Waals surface area (Å²) in [5, 5.41) is 15.3. The zero-order valence-electron chi connectivity index (χ0n) is 9.50. The largest absolute Gasteiger partial charge is 0.481 e. The Hall–Kier alpha value is -2.24. The van der Waals surface area contributed by atoms with Gasteiger partial charge in [-0.15, -0.1) is 0 Å². The number of nitrogens with zero attached hydrogens (tertiary/aromatic N) is 1. The van der Waals surface area contributed by atoms with Crippen molar-refractivity contribution < 1.29 is 18.7 Å². The molecule has 0 saturated heterocycles. The van der Waals surface area contributed by atoms with E-state index in [4.69, 9.17) is 5.11 Å². The molecule has 0 aliphatic heterocycles. The number of nitrogens with one attached hydrogen (secondary N) is 1. The van der Waals surface area contributed by atoms with Gasteiger partial charge < -0.3 is 5.11 Å². The number of H-pyrrole nitrogens is 1. The van der Waals surface area contributed by atoms with Gasteiger partial charge in [0.05, 0.1) is 12.1 Å². The third-order valence-electron chi connectivity index (χ3n) is 2.59. The first-order valence-electron chi connectivity index (χ1n) is 5.20. The number of hydrogen-bond donors (Lipinski definition) is 2. The van der Waals surface area contributed by atoms with Crippen molar-refractivity contribution in [3.05, 3.63) is 41.1 Å². The van der Waals surface area contributed by atoms with Crippen molar-refractivity contribution in [3.63, 3.8) is 0 Å². The lowest BCUT2D eigenvalue weighted by Gasteiger charge is -2.03. The molecule has 1 aromatic carbocycles. The summed E-state index contributed by atoms with van der Waals surface area (Å²) >= 11 is 0. The van der Waals surface area contributed by atoms with Crippen LogP contribution in [0.15, 0.2) is 18.2 Å². The van der Waals surface area contributed by atoms with Crippen LogP contribution in [0, 0.1) is 18.6 Å². The van der Waals surface area contributed by atoms with E-state index in [1.54, 1.807) is 6.92 Å². The lowest BCUT2D eigenvalue weighted by Crippen LogP contribution is -2.02. The molecule has 0 bridgehead atoms. The Morgan fingerprint density at radius 2 is 2.17 bits per heavy atom. The molecule has 4 nitrogen and oxygen atoms in total. The van der Waals surface area contributed by atoms with Crippen LogP contribution in [0.25, 0.3) is 11.3 Å². The molecule has 1 heterocycles. The first-order chi connectivity index (χ1) is 8.49. The quantitative estimate of drug-likeness (QED) is 0.880. The fourth-order valence-corrected chi connectivity index (χ4v) is 1.72. The van der Waals surface area contributed by atoms with E-state index in [0.29, 0.717) is 11.3 Å². The van der Waals surface area contributed by atoms with Crippen LogP contribution < -0.4 is 0 Å². The van der Waals surface area contributed by atoms with Crippen LogP contribution in [0.5, 0.6) is 0 Å². The first kappa shape index (κ1) is 12.2. The highest BCUT2D eigenvalue weighted by Gasteiger charge is 2.18. The highest BCUT2D eigenvalue weighted by molar-refractivity contribution is 5.75. The third kappa shape index (κ3) is 2.22. The summed E-state index contributed by atoms with van der Waals surface area (Å²) in [7, 11) is 0. The van der Waals surface area contributed by atoms with E-state index >= 15 is 0 Å². The van der Waals surface area contributed by atoms with Gasteiger partial charge in [-0.25, -0.2) is 8.78 Å². The van der Waals surface area contributed by atoms with Crippen LogP contribution in [0.3, 0.4) is 0 Å². The number of carbonyl (C=O) groups is 1. The zero-order valence-corrected chi connectivity index (χ0v) is 9.50. The van der Waals surface area contributed by atoms with E-state index in [9.17, 15) is 13.6 Å². The molecule has 94 valence electrons. The molecule has 2 aromatic rings. The van der Waals surface area contributed by atoms with Gasteiger partial charge in [0.25, 0.3) is 0 Å². The van der Waals surface area contributed by atoms with Crippen molar-refractivity contribution >= 4 is 5.97 Å². The molecule has 0 aliphatic rings. The van der Waals surface area contributed by atoms with Gasteiger partial charge in [-0.1, -0.05) is 0 Å². The Bertz CT molecular complexity index is 608. The van der Waals surface area contributed by atoms with Gasteiger partial charge in [0.1, 0.15) is 11.6 Å². The minimum absolute atomic E-state index is 0.0806. The highest BCUT2D eigenvalue weighted by Crippen LogP contribution is 2.27. The fourth-order valence-electron chi connectivity index (χ4n) is 1.72. The molecule has 2 N–H and O–H groups in total. The normalized spacial score (nSPS) is 10.6. The summed E-state index contributed by atoms with van der Waals surface area (Å²) in [4.78, 5) is 10.7. The Kier molecular flexibility index (Phi) is 3.10. The van der Waals surface area contributed by atoms with E-state index in [0.717, 1.165) is 12.1 Å². The van der Waals surface area contributed by atoms with E-state index in [-0.39, 0.29) is 17.7 Å². The zero-order chi connectivity index (χ0) is 13.3. The van der Waals surface area contributed by atoms with Gasteiger partial charge >= 0.3 is 5.97 Å². The molecule has 2 rings (SSSR count). The molecule has 0 atom stereocenters. The highest BCUT2D eigenvalue weighted by atomic mass is 19.1. The van der Waals surface area contributed by atoms with Gasteiger partial charge in [-0.3, -0.25) is 9.89 Å². The van der Waals surface area contributed by atoms with E-state index < -0.39 is 17.6 Å². The molecular weight excluding hydrogens is 242 g/mol. The van der Waals surface area contributed by atoms with Gasteiger partial charge in [-0.2, -0.15) is 5.10 Å². The average Bonchev–Trinajstić information content (AvgIpc) is 2.60. The summed E-state index contributed by atoms with van der Waals surface area (Å²) in [6.07, 6.45) is -0.269. The van der Waals surface area contributed by atoms with Gasteiger partial charge in [-0.05, 0) is 19.1 Å². The van der Waals surface area contributed by atoms with Crippen molar-refractivity contribution in [3.8, 4) is 11.3 Å². The molecule has 0 fully saturated rings. The monoisotopic (exact) mass is 252 g/mol. The predicted octanol–water partition coefficient (Wildman–Crippen LogP) is 2.29. The van der Waals surface area contributed by atoms with Gasteiger partial charge in [0, 0.05) is 22.9 Å². The Morgan fingerprint density at radius 3 is 2.78 bits per heavy atom. The molecule has 1 aromatic heterocycles. The summed E-state index contributed by atoms with van der Waals surface area (Å²) in [6.45, 7) is 1.65. The average molecular weight is 252 g/mol. The Balaban J connectivity index is 2.53. The van der Waals surface area contributed by atoms with Crippen LogP contribution in [-0.4, -0.2) is 21.3 Å². The number of aryl methyl sites for hydroxylation is 1. The summed E-state index contributed by atoms with van der Waals surface area (Å²) < 4.78 is 26.4. The number of hydrogen-bond acceptors (Lipinski definition) is 2. The van der Waals surface area contributed by atoms with Crippen molar-refractivity contribution in [2.45, 2.75) is 13.3 Å². The third-order valence-corrected chi connectivity index (χ3v) is 2.59. The number of carboxylic acids is 1. The number of halogens is 2. The molecule has 18 heavy (non-hydrogen) atoms. The number of aliphatic carboxylic acids is 1. The molecule has 0 aliphatic carbocycles. The number of benzene rings is 1. The van der Waals surface area contributed by atoms with Crippen molar-refractivity contribution in [2.75, 3.05) is 0 Å². The summed E-state index contributed by atoms with van der Waals surface area (Å²) in [6, 6.07) is 3.09. The van der Waals surface area contributed by atoms with Gasteiger partial charge in [0.15, 0.2) is 0 Å². The molecule has 6 heteroatoms. The van der Waals surface area contributed by atoms with Crippen LogP contribution in [-0.2, 0) is 11.2 Å². The molecule has 0 spiro atoms. The van der Waals surface area contributed by atoms with Crippen LogP contribution in [0.2, 0.25) is 0 Å². The maximum absolute atomic E-state index is 13.6. The molecular formula is C12H10F2N2O2. The smallest absolute Gasteiger partial charge is 0.307 e. The van der Waals surface area contributed by atoms with Crippen molar-refractivity contribution in [1.29, 1.82) is 0 Å². The lowest BCUT2D eigenvalue weighted by molar-refractivity contribution is -0.136. The maximum atomic E-state index is 13.6. The van der Waals surface area contributed by atoms with Crippen LogP contribution in [0.1, 0.15) is 11.3 Å². The number of aromatic nitrogens is 2. The summed E-state index contributed by atoms with van der Waals surface area (Å²) in [5.74, 6) is -2.50. The van der Waals surface area contributed by atoms with Crippen LogP contribution in [0.4, 0.5) is 8.78 Å². The SMILES string of the molecule is Cc1[nH]nc(-c2ccc(F)cc2F)c1CC(=O)O. The maximum Gasteiger partial charge on any atom is 0.307 e. The molecule has 0 amide bonds. The molecule has 0 unspecified atom stereocenters. The van der Waals surface area contributed by atoms with Crippen molar-refractivity contribution in [2.24, 2.45) is 0 Å². The second-order valence-electron chi connectivity index (χ2n) is 3.87. The molecule has 0 saturated carbocycles. The topological polar surface area (TPSA) is 66.0 Å². The van der Waals surface area contributed by atoms with E-state index in [2.05, 4.69) is 10.2 Å². The number of carboxylic acid groups (broad SMARTS) is 1. The van der Waals surface area contributed by atoms with Gasteiger partial charge in [0.2, 0.25) is 0 Å². The Morgan fingerprint density at radius 1 is 1.44 bits per heavy atom. The Labute approximate surface area is 101 Å². The van der Waals surface area contributed by atoms with E-state index in [1.165, 1.54) is 6.07 Å². The van der Waals surface area contributed by atoms with E-state index in [1.807, 2.05) is 0 Å². The van der Waals surface area contributed by atoms with Crippen molar-refractivity contribution in [1.82, 2.24) is 10.2 Å². The predicted molar refractivity (Wildman–Crippen MR) is 60.0 cm³/mol. The fraction of sp³-hybridized carbons (Fsp3) is 0.167. The summed E-state index contributed by atoms with van der Waals surface area (Å²) in [5.41, 5.74) is 1.23. The lowest BCUT2D eigenvalue weighted by atomic mass is 10.0. The minimum atomic E-state index is -1.04. The number of rotatable bonds is 3. The minimum Gasteiger partial charge on any atom is -0.481 e. The number of aromatic amines is 1. The molecule has 0 radical (unpaired) electrons. The first-order valence-corrected chi connectivity index (χ1v) is 5.20. The second-order valence-corrected chi connectivity index (χ2v) is 3.87. The second kappa shape index (κ2) is 4.56. The van der Waals surface area contributed by atoms with Crippen LogP contribution >= 0.6 is 0 Å². The standard InChI is InChI=1S/C12H10F2N2O2/c1-6-9(5-11(17)18)12(16-15-6)8-3-2-7(13)4-10(8)14/h2-4H,5H2,1H3,(H,15,16)(H,17,18).